The van der Waals surface area contributed by atoms with E-state index in [9.17, 15) is 4.79 Å². The summed E-state index contributed by atoms with van der Waals surface area (Å²) >= 11 is 9.38. The van der Waals surface area contributed by atoms with E-state index in [1.807, 2.05) is 13.1 Å². The van der Waals surface area contributed by atoms with Gasteiger partial charge < -0.3 is 4.90 Å². The Hall–Kier alpha value is -0.540. The van der Waals surface area contributed by atoms with Crippen LogP contribution in [0.25, 0.3) is 0 Å². The second kappa shape index (κ2) is 7.02. The van der Waals surface area contributed by atoms with Crippen LogP contribution in [-0.2, 0) is 0 Å². The summed E-state index contributed by atoms with van der Waals surface area (Å²) in [7, 11) is 1.81. The Morgan fingerprint density at radius 3 is 2.76 bits per heavy atom. The number of carbonyl (C=O) groups excluding carboxylic acids is 1. The van der Waals surface area contributed by atoms with E-state index >= 15 is 0 Å². The Balaban J connectivity index is 2.71. The molecule has 1 rings (SSSR count). The van der Waals surface area contributed by atoms with Crippen LogP contribution in [-0.4, -0.2) is 24.4 Å². The second-order valence-corrected chi connectivity index (χ2v) is 5.38. The van der Waals surface area contributed by atoms with Crippen molar-refractivity contribution in [1.29, 1.82) is 0 Å². The van der Waals surface area contributed by atoms with Gasteiger partial charge in [0.25, 0.3) is 5.91 Å². The minimum atomic E-state index is -0.0209. The van der Waals surface area contributed by atoms with Crippen molar-refractivity contribution < 1.29 is 4.79 Å². The number of carbonyl (C=O) groups is 1. The van der Waals surface area contributed by atoms with Crippen molar-refractivity contribution in [3.05, 3.63) is 33.3 Å². The first-order chi connectivity index (χ1) is 8.06. The smallest absolute Gasteiger partial charge is 0.255 e. The van der Waals surface area contributed by atoms with E-state index in [-0.39, 0.29) is 5.91 Å². The van der Waals surface area contributed by atoms with E-state index in [0.717, 1.165) is 30.3 Å². The number of benzene rings is 1. The molecule has 0 unspecified atom stereocenters. The Bertz CT molecular complexity index is 395. The van der Waals surface area contributed by atoms with Crippen LogP contribution in [0.1, 0.15) is 36.5 Å². The number of amides is 1. The first-order valence-corrected chi connectivity index (χ1v) is 6.94. The summed E-state index contributed by atoms with van der Waals surface area (Å²) in [6.45, 7) is 2.92. The largest absolute Gasteiger partial charge is 0.342 e. The molecule has 17 heavy (non-hydrogen) atoms. The van der Waals surface area contributed by atoms with Gasteiger partial charge in [0, 0.05) is 18.1 Å². The van der Waals surface area contributed by atoms with Crippen LogP contribution in [0.3, 0.4) is 0 Å². The first kappa shape index (κ1) is 14.5. The van der Waals surface area contributed by atoms with Gasteiger partial charge in [0.1, 0.15) is 0 Å². The third-order valence-corrected chi connectivity index (χ3v) is 3.43. The van der Waals surface area contributed by atoms with Crippen LogP contribution in [0.15, 0.2) is 22.7 Å². The quantitative estimate of drug-likeness (QED) is 0.738. The molecule has 0 aliphatic heterocycles. The zero-order valence-corrected chi connectivity index (χ0v) is 12.5. The standard InChI is InChI=1S/C13H17BrClNO/c1-3-4-5-8-16(2)13(17)11-9-10(14)6-7-12(11)15/h6-7,9H,3-5,8H2,1-2H3. The summed E-state index contributed by atoms with van der Waals surface area (Å²) in [4.78, 5) is 13.9. The molecular formula is C13H17BrClNO. The van der Waals surface area contributed by atoms with Gasteiger partial charge in [-0.2, -0.15) is 0 Å². The summed E-state index contributed by atoms with van der Waals surface area (Å²) in [5.74, 6) is -0.0209. The van der Waals surface area contributed by atoms with E-state index in [1.165, 1.54) is 0 Å². The van der Waals surface area contributed by atoms with E-state index < -0.39 is 0 Å². The lowest BCUT2D eigenvalue weighted by molar-refractivity contribution is 0.0793. The summed E-state index contributed by atoms with van der Waals surface area (Å²) in [6, 6.07) is 5.33. The average molecular weight is 319 g/mol. The van der Waals surface area contributed by atoms with Gasteiger partial charge in [-0.1, -0.05) is 47.3 Å². The van der Waals surface area contributed by atoms with E-state index in [1.54, 1.807) is 17.0 Å². The minimum Gasteiger partial charge on any atom is -0.342 e. The van der Waals surface area contributed by atoms with Crippen molar-refractivity contribution in [2.45, 2.75) is 26.2 Å². The van der Waals surface area contributed by atoms with Gasteiger partial charge in [0.15, 0.2) is 0 Å². The molecule has 0 aromatic heterocycles. The summed E-state index contributed by atoms with van der Waals surface area (Å²) in [5.41, 5.74) is 0.556. The fraction of sp³-hybridized carbons (Fsp3) is 0.462. The lowest BCUT2D eigenvalue weighted by Gasteiger charge is -2.17. The number of halogens is 2. The van der Waals surface area contributed by atoms with Gasteiger partial charge in [0.05, 0.1) is 10.6 Å². The van der Waals surface area contributed by atoms with Gasteiger partial charge in [-0.15, -0.1) is 0 Å². The van der Waals surface area contributed by atoms with Gasteiger partial charge in [-0.3, -0.25) is 4.79 Å². The molecule has 1 amide bonds. The molecule has 0 saturated carbocycles. The molecule has 0 radical (unpaired) electrons. The van der Waals surface area contributed by atoms with Gasteiger partial charge in [0.2, 0.25) is 0 Å². The van der Waals surface area contributed by atoms with Crippen molar-refractivity contribution in [3.63, 3.8) is 0 Å². The molecule has 0 bridgehead atoms. The molecule has 0 aliphatic rings. The van der Waals surface area contributed by atoms with Crippen molar-refractivity contribution in [2.24, 2.45) is 0 Å². The molecule has 0 atom stereocenters. The molecule has 0 spiro atoms. The van der Waals surface area contributed by atoms with Gasteiger partial charge in [-0.25, -0.2) is 0 Å². The van der Waals surface area contributed by atoms with Gasteiger partial charge >= 0.3 is 0 Å². The van der Waals surface area contributed by atoms with Crippen LogP contribution >= 0.6 is 27.5 Å². The van der Waals surface area contributed by atoms with Crippen molar-refractivity contribution in [2.75, 3.05) is 13.6 Å². The average Bonchev–Trinajstić information content (AvgIpc) is 2.31. The van der Waals surface area contributed by atoms with Crippen LogP contribution in [0, 0.1) is 0 Å². The molecule has 0 aliphatic carbocycles. The fourth-order valence-corrected chi connectivity index (χ4v) is 2.13. The third-order valence-electron chi connectivity index (χ3n) is 2.60. The normalized spacial score (nSPS) is 10.4. The highest BCUT2D eigenvalue weighted by Crippen LogP contribution is 2.22. The molecule has 0 saturated heterocycles. The second-order valence-electron chi connectivity index (χ2n) is 4.06. The van der Waals surface area contributed by atoms with E-state index in [4.69, 9.17) is 11.6 Å². The lowest BCUT2D eigenvalue weighted by atomic mass is 10.2. The van der Waals surface area contributed by atoms with Crippen LogP contribution in [0.2, 0.25) is 5.02 Å². The predicted octanol–water partition coefficient (Wildman–Crippen LogP) is 4.36. The van der Waals surface area contributed by atoms with Crippen LogP contribution < -0.4 is 0 Å². The summed E-state index contributed by atoms with van der Waals surface area (Å²) in [6.07, 6.45) is 3.33. The molecule has 0 heterocycles. The molecule has 94 valence electrons. The minimum absolute atomic E-state index is 0.0209. The number of nitrogens with zero attached hydrogens (tertiary/aromatic N) is 1. The molecule has 0 N–H and O–H groups in total. The van der Waals surface area contributed by atoms with Crippen LogP contribution in [0.4, 0.5) is 0 Å². The van der Waals surface area contributed by atoms with Gasteiger partial charge in [-0.05, 0) is 24.6 Å². The zero-order valence-electron chi connectivity index (χ0n) is 10.2. The summed E-state index contributed by atoms with van der Waals surface area (Å²) < 4.78 is 0.868. The maximum Gasteiger partial charge on any atom is 0.255 e. The molecule has 0 fully saturated rings. The predicted molar refractivity (Wildman–Crippen MR) is 75.6 cm³/mol. The third kappa shape index (κ3) is 4.32. The van der Waals surface area contributed by atoms with Crippen LogP contribution in [0.5, 0.6) is 0 Å². The molecule has 1 aromatic rings. The first-order valence-electron chi connectivity index (χ1n) is 5.76. The highest BCUT2D eigenvalue weighted by atomic mass is 79.9. The Kier molecular flexibility index (Phi) is 6.00. The number of rotatable bonds is 5. The SMILES string of the molecule is CCCCCN(C)C(=O)c1cc(Br)ccc1Cl. The maximum absolute atomic E-state index is 12.1. The lowest BCUT2D eigenvalue weighted by Crippen LogP contribution is -2.28. The van der Waals surface area contributed by atoms with E-state index in [2.05, 4.69) is 22.9 Å². The topological polar surface area (TPSA) is 20.3 Å². The maximum atomic E-state index is 12.1. The summed E-state index contributed by atoms with van der Waals surface area (Å²) in [5, 5.41) is 0.501. The molecule has 2 nitrogen and oxygen atoms in total. The molecule has 1 aromatic carbocycles. The highest BCUT2D eigenvalue weighted by molar-refractivity contribution is 9.10. The van der Waals surface area contributed by atoms with E-state index in [0.29, 0.717) is 10.6 Å². The Morgan fingerprint density at radius 2 is 2.12 bits per heavy atom. The highest BCUT2D eigenvalue weighted by Gasteiger charge is 2.14. The molecular weight excluding hydrogens is 302 g/mol. The molecule has 4 heteroatoms. The monoisotopic (exact) mass is 317 g/mol. The fourth-order valence-electron chi connectivity index (χ4n) is 1.57. The van der Waals surface area contributed by atoms with Crippen molar-refractivity contribution >= 4 is 33.4 Å². The number of hydrogen-bond acceptors (Lipinski definition) is 1. The number of unbranched alkanes of at least 4 members (excludes halogenated alkanes) is 2. The zero-order chi connectivity index (χ0) is 12.8. The van der Waals surface area contributed by atoms with Crippen molar-refractivity contribution in [3.8, 4) is 0 Å². The Morgan fingerprint density at radius 1 is 1.41 bits per heavy atom. The van der Waals surface area contributed by atoms with Crippen molar-refractivity contribution in [1.82, 2.24) is 4.90 Å². The Labute approximate surface area is 116 Å². The number of hydrogen-bond donors (Lipinski definition) is 0.